The maximum absolute atomic E-state index is 13.6. The van der Waals surface area contributed by atoms with E-state index in [1.54, 1.807) is 26.0 Å². The molecule has 208 valence electrons. The number of hydrogen-bond donors (Lipinski definition) is 5. The van der Waals surface area contributed by atoms with E-state index in [0.717, 1.165) is 0 Å². The van der Waals surface area contributed by atoms with Crippen molar-refractivity contribution in [1.82, 2.24) is 0 Å². The number of furan rings is 1. The average Bonchev–Trinajstić information content (AvgIpc) is 3.48. The summed E-state index contributed by atoms with van der Waals surface area (Å²) in [6, 6.07) is 1.69. The summed E-state index contributed by atoms with van der Waals surface area (Å²) in [5.74, 6) is -2.15. The van der Waals surface area contributed by atoms with Crippen molar-refractivity contribution in [2.45, 2.75) is 87.2 Å². The van der Waals surface area contributed by atoms with Crippen LogP contribution >= 0.6 is 0 Å². The van der Waals surface area contributed by atoms with Crippen LogP contribution in [-0.2, 0) is 28.5 Å². The van der Waals surface area contributed by atoms with Crippen molar-refractivity contribution < 1.29 is 58.5 Å². The van der Waals surface area contributed by atoms with Gasteiger partial charge in [0.15, 0.2) is 17.5 Å². The van der Waals surface area contributed by atoms with E-state index in [1.807, 2.05) is 0 Å². The van der Waals surface area contributed by atoms with Crippen molar-refractivity contribution in [2.75, 3.05) is 6.61 Å². The fourth-order valence-corrected chi connectivity index (χ4v) is 7.60. The molecule has 12 nitrogen and oxygen atoms in total. The summed E-state index contributed by atoms with van der Waals surface area (Å²) < 4.78 is 28.4. The van der Waals surface area contributed by atoms with Crippen LogP contribution in [0.4, 0.5) is 0 Å². The quantitative estimate of drug-likeness (QED) is 0.245. The van der Waals surface area contributed by atoms with E-state index in [-0.39, 0.29) is 12.8 Å². The van der Waals surface area contributed by atoms with Crippen molar-refractivity contribution in [3.05, 3.63) is 36.3 Å². The molecule has 1 saturated carbocycles. The largest absolute Gasteiger partial charge is 0.472 e. The van der Waals surface area contributed by atoms with E-state index < -0.39 is 89.4 Å². The van der Waals surface area contributed by atoms with Gasteiger partial charge in [0.05, 0.1) is 24.5 Å². The molecule has 6 rings (SSSR count). The number of hydrogen-bond acceptors (Lipinski definition) is 12. The molecule has 12 heteroatoms. The van der Waals surface area contributed by atoms with E-state index >= 15 is 0 Å². The van der Waals surface area contributed by atoms with Crippen molar-refractivity contribution in [3.63, 3.8) is 0 Å². The summed E-state index contributed by atoms with van der Waals surface area (Å²) >= 11 is 0. The van der Waals surface area contributed by atoms with Crippen LogP contribution in [0.15, 0.2) is 35.2 Å². The Balaban J connectivity index is 1.41. The highest BCUT2D eigenvalue weighted by Gasteiger charge is 2.80. The lowest BCUT2D eigenvalue weighted by Gasteiger charge is -2.64. The summed E-state index contributed by atoms with van der Waals surface area (Å²) in [4.78, 5) is 26.9. The zero-order chi connectivity index (χ0) is 27.3. The molecule has 12 atom stereocenters. The highest BCUT2D eigenvalue weighted by molar-refractivity contribution is 5.88. The van der Waals surface area contributed by atoms with Crippen LogP contribution in [0.5, 0.6) is 0 Å². The number of fused-ring (bicyclic) bond motifs is 2. The predicted octanol–water partition coefficient (Wildman–Crippen LogP) is -0.528. The van der Waals surface area contributed by atoms with Crippen molar-refractivity contribution in [2.24, 2.45) is 16.7 Å². The minimum absolute atomic E-state index is 0.229. The molecule has 4 fully saturated rings. The van der Waals surface area contributed by atoms with Crippen LogP contribution in [-0.4, -0.2) is 92.1 Å². The number of esters is 2. The van der Waals surface area contributed by atoms with Gasteiger partial charge in [-0.15, -0.1) is 0 Å². The fraction of sp³-hybridized carbons (Fsp3) is 0.692. The van der Waals surface area contributed by atoms with Gasteiger partial charge >= 0.3 is 11.9 Å². The third-order valence-corrected chi connectivity index (χ3v) is 9.93. The number of carbonyl (C=O) groups excluding carboxylic acids is 2. The number of rotatable bonds is 4. The third kappa shape index (κ3) is 3.05. The maximum Gasteiger partial charge on any atom is 0.343 e. The Morgan fingerprint density at radius 1 is 1.05 bits per heavy atom. The van der Waals surface area contributed by atoms with E-state index in [2.05, 4.69) is 0 Å². The molecule has 0 unspecified atom stereocenters. The first kappa shape index (κ1) is 25.9. The second kappa shape index (κ2) is 8.34. The first-order valence-corrected chi connectivity index (χ1v) is 12.8. The molecule has 0 amide bonds. The Morgan fingerprint density at radius 2 is 1.82 bits per heavy atom. The number of cyclic esters (lactones) is 1. The van der Waals surface area contributed by atoms with Crippen LogP contribution in [0.25, 0.3) is 0 Å². The molecule has 3 saturated heterocycles. The lowest BCUT2D eigenvalue weighted by Crippen LogP contribution is -2.73. The number of carbonyl (C=O) groups is 2. The Kier molecular flexibility index (Phi) is 5.69. The van der Waals surface area contributed by atoms with Crippen LogP contribution in [0, 0.1) is 16.7 Å². The normalized spacial score (nSPS) is 51.7. The zero-order valence-corrected chi connectivity index (χ0v) is 20.9. The molecule has 4 heterocycles. The van der Waals surface area contributed by atoms with Gasteiger partial charge in [0, 0.05) is 17.4 Å². The number of allylic oxidation sites excluding steroid dienone is 1. The van der Waals surface area contributed by atoms with E-state index in [1.165, 1.54) is 18.6 Å². The lowest BCUT2D eigenvalue weighted by atomic mass is 9.42. The molecule has 3 aliphatic heterocycles. The standard InChI is InChI=1S/C26H32O12/c1-23-8-13(12-5-7-34-11-12)36-21(31)25(23,33)9-16-24(2)15(23)4-3-6-26(24,22(32)37-16)38-20-19(30)18(29)17(28)14(10-27)35-20/h3,5-7,11,13-20,27-30,33H,4,8-10H2,1-2H3/t13-,14-,15+,16-,17-,18+,19-,20+,23-,24+,25-,26-/m1/s1. The van der Waals surface area contributed by atoms with Gasteiger partial charge in [-0.2, -0.15) is 0 Å². The molecule has 5 N–H and O–H groups in total. The van der Waals surface area contributed by atoms with Crippen molar-refractivity contribution >= 4 is 11.9 Å². The Labute approximate surface area is 217 Å². The Bertz CT molecular complexity index is 1150. The second-order valence-corrected chi connectivity index (χ2v) is 11.6. The lowest BCUT2D eigenvalue weighted by molar-refractivity contribution is -0.336. The molecule has 0 radical (unpaired) electrons. The van der Waals surface area contributed by atoms with Gasteiger partial charge in [0.1, 0.15) is 36.6 Å². The first-order chi connectivity index (χ1) is 17.9. The van der Waals surface area contributed by atoms with E-state index in [9.17, 15) is 35.1 Å². The molecule has 5 aliphatic rings. The van der Waals surface area contributed by atoms with Crippen molar-refractivity contribution in [3.8, 4) is 0 Å². The summed E-state index contributed by atoms with van der Waals surface area (Å²) in [7, 11) is 0. The summed E-state index contributed by atoms with van der Waals surface area (Å²) in [6.45, 7) is 2.93. The fourth-order valence-electron chi connectivity index (χ4n) is 7.60. The summed E-state index contributed by atoms with van der Waals surface area (Å²) in [5.41, 5.74) is -5.37. The third-order valence-electron chi connectivity index (χ3n) is 9.93. The smallest absolute Gasteiger partial charge is 0.343 e. The Hall–Kier alpha value is -2.32. The molecule has 38 heavy (non-hydrogen) atoms. The first-order valence-electron chi connectivity index (χ1n) is 12.8. The second-order valence-electron chi connectivity index (χ2n) is 11.6. The zero-order valence-electron chi connectivity index (χ0n) is 20.9. The van der Waals surface area contributed by atoms with Gasteiger partial charge in [-0.1, -0.05) is 19.9 Å². The minimum Gasteiger partial charge on any atom is -0.472 e. The molecular weight excluding hydrogens is 504 g/mol. The van der Waals surface area contributed by atoms with Crippen molar-refractivity contribution in [1.29, 1.82) is 0 Å². The highest BCUT2D eigenvalue weighted by Crippen LogP contribution is 2.70. The minimum atomic E-state index is -1.95. The Morgan fingerprint density at radius 3 is 2.50 bits per heavy atom. The molecule has 2 aliphatic carbocycles. The summed E-state index contributed by atoms with van der Waals surface area (Å²) in [5, 5.41) is 52.6. The molecule has 0 bridgehead atoms. The monoisotopic (exact) mass is 536 g/mol. The molecule has 1 aromatic rings. The molecule has 1 aromatic heterocycles. The van der Waals surface area contributed by atoms with Crippen LogP contribution in [0.2, 0.25) is 0 Å². The average molecular weight is 537 g/mol. The maximum atomic E-state index is 13.6. The van der Waals surface area contributed by atoms with Gasteiger partial charge in [0.25, 0.3) is 0 Å². The number of aliphatic hydroxyl groups is 5. The predicted molar refractivity (Wildman–Crippen MR) is 123 cm³/mol. The number of ether oxygens (including phenoxy) is 4. The molecule has 0 aromatic carbocycles. The van der Waals surface area contributed by atoms with Gasteiger partial charge in [-0.05, 0) is 30.9 Å². The van der Waals surface area contributed by atoms with Gasteiger partial charge in [-0.3, -0.25) is 0 Å². The number of aliphatic hydroxyl groups excluding tert-OH is 4. The van der Waals surface area contributed by atoms with Gasteiger partial charge in [0.2, 0.25) is 0 Å². The summed E-state index contributed by atoms with van der Waals surface area (Å²) in [6.07, 6.45) is -2.93. The molecule has 0 spiro atoms. The van der Waals surface area contributed by atoms with Crippen LogP contribution in [0.1, 0.15) is 44.8 Å². The van der Waals surface area contributed by atoms with Gasteiger partial charge in [-0.25, -0.2) is 9.59 Å². The SMILES string of the molecule is C[C@@]12[C@H]3CC=C[C@@]1(O[C@@H]1O[C@H](CO)[C@@H](O)[C@H](O)[C@H]1O)C(=O)O[C@@H]2C[C@@]1(O)C(=O)O[C@@H](c2ccoc2)C[C@]31C. The van der Waals surface area contributed by atoms with Gasteiger partial charge < -0.3 is 48.9 Å². The van der Waals surface area contributed by atoms with E-state index in [0.29, 0.717) is 12.0 Å². The van der Waals surface area contributed by atoms with Crippen LogP contribution in [0.3, 0.4) is 0 Å². The topological polar surface area (TPSA) is 185 Å². The van der Waals surface area contributed by atoms with E-state index in [4.69, 9.17) is 23.4 Å². The highest BCUT2D eigenvalue weighted by atomic mass is 16.7. The van der Waals surface area contributed by atoms with Crippen LogP contribution < -0.4 is 0 Å². The molecular formula is C26H32O12.